The van der Waals surface area contributed by atoms with Gasteiger partial charge < -0.3 is 27.0 Å². The molecule has 134 heavy (non-hydrogen) atoms. The molecule has 5 amide bonds. The summed E-state index contributed by atoms with van der Waals surface area (Å²) in [6.45, 7) is 19.6. The number of aromatic nitrogens is 13. The number of rotatable bonds is 17. The number of hydrogen-bond donors (Lipinski definition) is 5. The molecular formula is C110H91FN18O5. The number of hydrogen-bond acceptors (Lipinski definition) is 14. The molecule has 0 aliphatic heterocycles. The maximum absolute atomic E-state index is 13.6. The quantitative estimate of drug-likeness (QED) is 0.0567. The average Bonchev–Trinajstić information content (AvgIpc) is 1.59. The SMILES string of the molecule is Cc1ccc(NC(=O)c2cc(-c3cccn4c(-c5ccc(F)cc5C)nnc34)ccc2C)cc1.Cc1ccc(NC(=O)c2cc(-c3cccn4c(-c5ccccc5)nnc34)ccc2C)cc1.Cc1ccc(NC(=O)c2cc(-c3cccn4c(-c5ccccc5C(N)=O)nnc34)ccc2C)cc1.Cc1ccc(NC(=O)c2cc(-c3cccn4c(-c5cccnc5C)nnc34)ccc2C)cc1. The predicted molar refractivity (Wildman–Crippen MR) is 527 cm³/mol. The van der Waals surface area contributed by atoms with E-state index in [-0.39, 0.29) is 29.4 Å². The van der Waals surface area contributed by atoms with Crippen molar-refractivity contribution in [1.29, 1.82) is 0 Å². The number of anilines is 4. The number of aryl methyl sites for hydroxylation is 10. The molecule has 9 heterocycles. The summed E-state index contributed by atoms with van der Waals surface area (Å²) in [5, 5.41) is 47.3. The molecule has 0 saturated carbocycles. The van der Waals surface area contributed by atoms with E-state index in [9.17, 15) is 28.4 Å². The smallest absolute Gasteiger partial charge is 0.255 e. The first-order chi connectivity index (χ1) is 64.9. The van der Waals surface area contributed by atoms with Gasteiger partial charge in [0.05, 0.1) is 5.56 Å². The van der Waals surface area contributed by atoms with E-state index < -0.39 is 5.91 Å². The number of nitrogens with one attached hydrogen (secondary N) is 4. The Balaban J connectivity index is 0.000000124. The predicted octanol–water partition coefficient (Wildman–Crippen LogP) is 23.0. The highest BCUT2D eigenvalue weighted by atomic mass is 19.1. The van der Waals surface area contributed by atoms with E-state index in [1.165, 1.54) is 12.1 Å². The van der Waals surface area contributed by atoms with Crippen molar-refractivity contribution in [2.24, 2.45) is 5.73 Å². The fourth-order valence-electron chi connectivity index (χ4n) is 15.9. The van der Waals surface area contributed by atoms with Crippen LogP contribution in [0.3, 0.4) is 0 Å². The zero-order valence-corrected chi connectivity index (χ0v) is 75.1. The highest BCUT2D eigenvalue weighted by molar-refractivity contribution is 6.09. The number of primary amides is 1. The molecule has 24 heteroatoms. The minimum Gasteiger partial charge on any atom is -0.366 e. The average molecular weight is 1760 g/mol. The summed E-state index contributed by atoms with van der Waals surface area (Å²) in [5.74, 6) is 1.23. The number of nitrogens with two attached hydrogens (primary N) is 1. The number of amides is 5. The molecule has 0 aliphatic rings. The van der Waals surface area contributed by atoms with Crippen molar-refractivity contribution >= 4 is 74.9 Å². The van der Waals surface area contributed by atoms with Crippen LogP contribution in [-0.4, -0.2) is 92.9 Å². The van der Waals surface area contributed by atoms with Gasteiger partial charge in [-0.3, -0.25) is 46.6 Å². The molecule has 0 unspecified atom stereocenters. The molecule has 0 aliphatic carbocycles. The van der Waals surface area contributed by atoms with Crippen molar-refractivity contribution in [3.63, 3.8) is 0 Å². The van der Waals surface area contributed by atoms with Crippen molar-refractivity contribution < 1.29 is 28.4 Å². The van der Waals surface area contributed by atoms with E-state index in [0.29, 0.717) is 56.3 Å². The fourth-order valence-corrected chi connectivity index (χ4v) is 15.9. The number of pyridine rings is 5. The number of halogens is 1. The third kappa shape index (κ3) is 19.1. The van der Waals surface area contributed by atoms with Crippen LogP contribution in [-0.2, 0) is 0 Å². The van der Waals surface area contributed by atoms with E-state index in [1.807, 2.05) is 379 Å². The lowest BCUT2D eigenvalue weighted by Crippen LogP contribution is -2.13. The number of benzene rings is 11. The molecule has 0 bridgehead atoms. The summed E-state index contributed by atoms with van der Waals surface area (Å²) >= 11 is 0. The monoisotopic (exact) mass is 1760 g/mol. The van der Waals surface area contributed by atoms with Gasteiger partial charge in [0.1, 0.15) is 5.82 Å². The summed E-state index contributed by atoms with van der Waals surface area (Å²) in [7, 11) is 0. The Labute approximate surface area is 772 Å². The van der Waals surface area contributed by atoms with Gasteiger partial charge in [0.15, 0.2) is 45.9 Å². The second-order valence-electron chi connectivity index (χ2n) is 32.8. The zero-order valence-electron chi connectivity index (χ0n) is 75.1. The molecule has 0 spiro atoms. The summed E-state index contributed by atoms with van der Waals surface area (Å²) in [4.78, 5) is 68.5. The molecule has 658 valence electrons. The van der Waals surface area contributed by atoms with Crippen LogP contribution in [0.1, 0.15) is 108 Å². The Kier molecular flexibility index (Phi) is 25.5. The molecule has 0 fully saturated rings. The van der Waals surface area contributed by atoms with Crippen molar-refractivity contribution in [2.75, 3.05) is 21.3 Å². The number of fused-ring (bicyclic) bond motifs is 4. The van der Waals surface area contributed by atoms with Crippen LogP contribution < -0.4 is 27.0 Å². The Morgan fingerprint density at radius 1 is 0.261 bits per heavy atom. The fraction of sp³-hybridized carbons (Fsp3) is 0.0909. The molecule has 0 atom stereocenters. The Morgan fingerprint density at radius 2 is 0.567 bits per heavy atom. The number of nitrogens with zero attached hydrogens (tertiary/aromatic N) is 13. The molecule has 20 rings (SSSR count). The molecule has 20 aromatic rings. The molecule has 9 aromatic heterocycles. The molecule has 0 radical (unpaired) electrons. The highest BCUT2D eigenvalue weighted by Crippen LogP contribution is 2.37. The minimum absolute atomic E-state index is 0.133. The normalized spacial score (nSPS) is 11.0. The first-order valence-corrected chi connectivity index (χ1v) is 43.4. The van der Waals surface area contributed by atoms with Crippen LogP contribution >= 0.6 is 0 Å². The zero-order chi connectivity index (χ0) is 93.4. The lowest BCUT2D eigenvalue weighted by molar-refractivity contribution is 0.0995. The van der Waals surface area contributed by atoms with Crippen LogP contribution in [0.5, 0.6) is 0 Å². The Hall–Kier alpha value is -17.7. The van der Waals surface area contributed by atoms with Gasteiger partial charge in [-0.15, -0.1) is 40.8 Å². The lowest BCUT2D eigenvalue weighted by atomic mass is 9.99. The topological polar surface area (TPSA) is 293 Å². The van der Waals surface area contributed by atoms with E-state index >= 15 is 0 Å². The second-order valence-corrected chi connectivity index (χ2v) is 32.8. The molecule has 23 nitrogen and oxygen atoms in total. The van der Waals surface area contributed by atoms with Crippen LogP contribution in [0.15, 0.2) is 334 Å². The van der Waals surface area contributed by atoms with Gasteiger partial charge in [-0.05, 0) is 277 Å². The summed E-state index contributed by atoms with van der Waals surface area (Å²) in [5.41, 5.74) is 34.3. The summed E-state index contributed by atoms with van der Waals surface area (Å²) in [6.07, 6.45) is 9.39. The van der Waals surface area contributed by atoms with E-state index in [4.69, 9.17) is 5.73 Å². The first-order valence-electron chi connectivity index (χ1n) is 43.4. The van der Waals surface area contributed by atoms with Gasteiger partial charge >= 0.3 is 0 Å². The Bertz CT molecular complexity index is 7880. The van der Waals surface area contributed by atoms with Crippen molar-refractivity contribution in [3.8, 4) is 90.1 Å². The highest BCUT2D eigenvalue weighted by Gasteiger charge is 2.24. The second kappa shape index (κ2) is 38.7. The maximum atomic E-state index is 13.6. The van der Waals surface area contributed by atoms with E-state index in [0.717, 1.165) is 163 Å². The van der Waals surface area contributed by atoms with Gasteiger partial charge in [0.25, 0.3) is 23.6 Å². The van der Waals surface area contributed by atoms with E-state index in [2.05, 4.69) is 67.0 Å². The van der Waals surface area contributed by atoms with Gasteiger partial charge in [-0.1, -0.05) is 168 Å². The van der Waals surface area contributed by atoms with E-state index in [1.54, 1.807) is 30.5 Å². The molecule has 6 N–H and O–H groups in total. The third-order valence-electron chi connectivity index (χ3n) is 23.3. The van der Waals surface area contributed by atoms with Crippen LogP contribution in [0.25, 0.3) is 113 Å². The van der Waals surface area contributed by atoms with Gasteiger partial charge in [0, 0.05) is 126 Å². The minimum atomic E-state index is -0.531. The van der Waals surface area contributed by atoms with Crippen LogP contribution in [0, 0.1) is 75.1 Å². The summed E-state index contributed by atoms with van der Waals surface area (Å²) in [6, 6.07) is 95.4. The van der Waals surface area contributed by atoms with Crippen molar-refractivity contribution in [1.82, 2.24) is 63.4 Å². The molecule has 11 aromatic carbocycles. The van der Waals surface area contributed by atoms with Gasteiger partial charge in [-0.2, -0.15) is 0 Å². The lowest BCUT2D eigenvalue weighted by Gasteiger charge is -2.11. The first kappa shape index (κ1) is 88.4. The summed E-state index contributed by atoms with van der Waals surface area (Å²) < 4.78 is 21.3. The third-order valence-corrected chi connectivity index (χ3v) is 23.3. The van der Waals surface area contributed by atoms with Crippen LogP contribution in [0.4, 0.5) is 27.1 Å². The van der Waals surface area contributed by atoms with Crippen molar-refractivity contribution in [2.45, 2.75) is 69.2 Å². The largest absolute Gasteiger partial charge is 0.366 e. The standard InChI is InChI=1S/C28H23FN4O.C28H23N5O2.C27H23N5O.C27H22N4O/c1-17-6-11-22(12-7-17)30-28(34)25-16-20(9-8-18(25)2)24-5-4-14-33-26(31-32-27(24)33)23-13-10-21(29)15-19(23)3;1-17-9-13-20(14-10-17)30-28(35)24-16-19(12-11-18(24)2)21-8-5-15-33-26(21)31-32-27(33)23-7-4-3-6-22(23)25(29)34;1-17-8-12-21(13-9-17)29-27(33)24-16-20(11-10-18(24)2)23-7-5-15-32-25(30-31-26(23)32)22-6-4-14-28-19(22)3;1-18-10-14-22(15-11-18)28-27(32)24-17-21(13-12-19(24)2)23-9-6-16-31-25(29-30-26(23)31)20-7-4-3-5-8-20/h4-16H,1-3H3,(H,30,34);3-16H,1-2H3,(H2,29,34)(H,30,35);4-16H,1-3H3,(H,29,33);3-17H,1-2H3,(H,28,32). The van der Waals surface area contributed by atoms with Crippen molar-refractivity contribution in [3.05, 3.63) is 424 Å². The van der Waals surface area contributed by atoms with Crippen LogP contribution in [0.2, 0.25) is 0 Å². The maximum Gasteiger partial charge on any atom is 0.255 e. The van der Waals surface area contributed by atoms with Gasteiger partial charge in [-0.25, -0.2) is 4.39 Å². The molecular weight excluding hydrogens is 1670 g/mol. The Morgan fingerprint density at radius 3 is 0.910 bits per heavy atom. The number of carbonyl (C=O) groups excluding carboxylic acids is 5. The molecule has 0 saturated heterocycles. The van der Waals surface area contributed by atoms with Gasteiger partial charge in [0.2, 0.25) is 5.91 Å². The number of carbonyl (C=O) groups is 5.